The van der Waals surface area contributed by atoms with Crippen LogP contribution in [0.25, 0.3) is 0 Å². The third kappa shape index (κ3) is 4.21. The quantitative estimate of drug-likeness (QED) is 0.342. The first-order chi connectivity index (χ1) is 16.0. The van der Waals surface area contributed by atoms with Gasteiger partial charge in [0.2, 0.25) is 0 Å². The Balaban J connectivity index is 1.53. The van der Waals surface area contributed by atoms with E-state index in [1.807, 2.05) is 61.6 Å². The summed E-state index contributed by atoms with van der Waals surface area (Å²) < 4.78 is 0. The van der Waals surface area contributed by atoms with Gasteiger partial charge in [0, 0.05) is 17.5 Å². The van der Waals surface area contributed by atoms with E-state index in [4.69, 9.17) is 4.99 Å². The number of para-hydroxylation sites is 1. The molecule has 1 amide bonds. The van der Waals surface area contributed by atoms with Crippen molar-refractivity contribution < 1.29 is 9.59 Å². The molecular formula is C26H21N3O2S2. The van der Waals surface area contributed by atoms with E-state index in [-0.39, 0.29) is 11.7 Å². The minimum absolute atomic E-state index is 0.0122. The molecular weight excluding hydrogens is 450 g/mol. The number of ketones is 1. The van der Waals surface area contributed by atoms with Crippen molar-refractivity contribution in [3.05, 3.63) is 99.9 Å². The maximum atomic E-state index is 13.6. The number of anilines is 1. The Morgan fingerprint density at radius 3 is 2.30 bits per heavy atom. The number of benzene rings is 3. The van der Waals surface area contributed by atoms with Crippen molar-refractivity contribution in [2.24, 2.45) is 4.99 Å². The molecule has 1 saturated heterocycles. The molecule has 2 aliphatic heterocycles. The van der Waals surface area contributed by atoms with Crippen LogP contribution in [-0.4, -0.2) is 28.8 Å². The van der Waals surface area contributed by atoms with Crippen LogP contribution in [0.15, 0.2) is 98.7 Å². The van der Waals surface area contributed by atoms with Crippen molar-refractivity contribution in [1.82, 2.24) is 4.90 Å². The van der Waals surface area contributed by atoms with Gasteiger partial charge in [-0.05, 0) is 60.6 Å². The summed E-state index contributed by atoms with van der Waals surface area (Å²) in [6.07, 6.45) is 0. The largest absolute Gasteiger partial charge is 0.337 e. The average molecular weight is 472 g/mol. The summed E-state index contributed by atoms with van der Waals surface area (Å²) in [5.74, 6) is -0.0386. The lowest BCUT2D eigenvalue weighted by Gasteiger charge is -2.17. The summed E-state index contributed by atoms with van der Waals surface area (Å²) in [6.45, 7) is 1.98. The van der Waals surface area contributed by atoms with E-state index in [9.17, 15) is 9.59 Å². The van der Waals surface area contributed by atoms with E-state index >= 15 is 0 Å². The summed E-state index contributed by atoms with van der Waals surface area (Å²) in [6, 6.07) is 25.2. The fraction of sp³-hybridized carbons (Fsp3) is 0.115. The highest BCUT2D eigenvalue weighted by Gasteiger charge is 2.39. The monoisotopic (exact) mass is 471 g/mol. The van der Waals surface area contributed by atoms with Gasteiger partial charge >= 0.3 is 0 Å². The van der Waals surface area contributed by atoms with Gasteiger partial charge in [0.1, 0.15) is 4.91 Å². The normalized spacial score (nSPS) is 18.8. The zero-order valence-electron chi connectivity index (χ0n) is 18.2. The van der Waals surface area contributed by atoms with Gasteiger partial charge in [0.25, 0.3) is 5.91 Å². The molecule has 0 aliphatic carbocycles. The predicted octanol–water partition coefficient (Wildman–Crippen LogP) is 6.06. The SMILES string of the molecule is CC(=O)c1ccc(N=C2SC(=C3Sc4ccccc4N3C)C(=O)N2Cc2ccccc2)cc1. The van der Waals surface area contributed by atoms with Crippen LogP contribution in [0.1, 0.15) is 22.8 Å². The van der Waals surface area contributed by atoms with Crippen molar-refractivity contribution in [1.29, 1.82) is 0 Å². The number of thioether (sulfide) groups is 2. The first kappa shape index (κ1) is 21.6. The molecule has 164 valence electrons. The maximum absolute atomic E-state index is 13.6. The zero-order valence-corrected chi connectivity index (χ0v) is 19.8. The van der Waals surface area contributed by atoms with Crippen LogP contribution >= 0.6 is 23.5 Å². The lowest BCUT2D eigenvalue weighted by Crippen LogP contribution is -2.29. The second-order valence-electron chi connectivity index (χ2n) is 7.74. The van der Waals surface area contributed by atoms with E-state index in [0.29, 0.717) is 27.9 Å². The van der Waals surface area contributed by atoms with Gasteiger partial charge in [-0.25, -0.2) is 4.99 Å². The first-order valence-electron chi connectivity index (χ1n) is 10.5. The number of hydrogen-bond acceptors (Lipinski definition) is 6. The molecule has 0 saturated carbocycles. The molecule has 33 heavy (non-hydrogen) atoms. The first-order valence-corrected chi connectivity index (χ1v) is 12.1. The van der Waals surface area contributed by atoms with Gasteiger partial charge in [-0.1, -0.05) is 54.2 Å². The van der Waals surface area contributed by atoms with E-state index in [1.54, 1.807) is 35.7 Å². The van der Waals surface area contributed by atoms with Crippen molar-refractivity contribution in [3.63, 3.8) is 0 Å². The van der Waals surface area contributed by atoms with Crippen LogP contribution in [0.5, 0.6) is 0 Å². The minimum atomic E-state index is -0.0508. The lowest BCUT2D eigenvalue weighted by atomic mass is 10.1. The summed E-state index contributed by atoms with van der Waals surface area (Å²) in [5, 5.41) is 1.55. The van der Waals surface area contributed by atoms with E-state index in [2.05, 4.69) is 17.0 Å². The molecule has 3 aromatic rings. The third-order valence-corrected chi connectivity index (χ3v) is 7.91. The molecule has 0 N–H and O–H groups in total. The molecule has 7 heteroatoms. The molecule has 1 fully saturated rings. The predicted molar refractivity (Wildman–Crippen MR) is 136 cm³/mol. The van der Waals surface area contributed by atoms with Crippen molar-refractivity contribution in [3.8, 4) is 0 Å². The van der Waals surface area contributed by atoms with Crippen LogP contribution in [0.4, 0.5) is 11.4 Å². The molecule has 5 nitrogen and oxygen atoms in total. The molecule has 0 bridgehead atoms. The summed E-state index contributed by atoms with van der Waals surface area (Å²) in [5.41, 5.74) is 3.47. The molecule has 3 aromatic carbocycles. The van der Waals surface area contributed by atoms with Crippen molar-refractivity contribution in [2.45, 2.75) is 18.4 Å². The minimum Gasteiger partial charge on any atom is -0.337 e. The molecule has 0 spiro atoms. The fourth-order valence-corrected chi connectivity index (χ4v) is 6.05. The second-order valence-corrected chi connectivity index (χ2v) is 9.75. The van der Waals surface area contributed by atoms with Gasteiger partial charge in [-0.15, -0.1) is 0 Å². The number of amides is 1. The molecule has 0 radical (unpaired) electrons. The lowest BCUT2D eigenvalue weighted by molar-refractivity contribution is -0.122. The van der Waals surface area contributed by atoms with Crippen molar-refractivity contribution in [2.75, 3.05) is 11.9 Å². The van der Waals surface area contributed by atoms with Crippen molar-refractivity contribution >= 4 is 51.8 Å². The van der Waals surface area contributed by atoms with E-state index < -0.39 is 0 Å². The van der Waals surface area contributed by atoms with E-state index in [1.165, 1.54) is 11.8 Å². The Morgan fingerprint density at radius 1 is 0.909 bits per heavy atom. The number of hydrogen-bond donors (Lipinski definition) is 0. The highest BCUT2D eigenvalue weighted by atomic mass is 32.2. The number of Topliss-reactive ketones (excluding diaryl/α,β-unsaturated/α-hetero) is 1. The van der Waals surface area contributed by atoms with Gasteiger partial charge in [0.05, 0.1) is 22.9 Å². The fourth-order valence-electron chi connectivity index (χ4n) is 3.71. The van der Waals surface area contributed by atoms with Gasteiger partial charge in [0.15, 0.2) is 11.0 Å². The number of amidine groups is 1. The Morgan fingerprint density at radius 2 is 1.61 bits per heavy atom. The number of rotatable bonds is 4. The van der Waals surface area contributed by atoms with Gasteiger partial charge < -0.3 is 4.90 Å². The van der Waals surface area contributed by atoms with Gasteiger partial charge in [-0.3, -0.25) is 14.5 Å². The summed E-state index contributed by atoms with van der Waals surface area (Å²) in [7, 11) is 1.99. The average Bonchev–Trinajstić information content (AvgIpc) is 3.32. The Bertz CT molecular complexity index is 1300. The smallest absolute Gasteiger partial charge is 0.269 e. The zero-order chi connectivity index (χ0) is 22.9. The van der Waals surface area contributed by atoms with E-state index in [0.717, 1.165) is 21.2 Å². The topological polar surface area (TPSA) is 53.0 Å². The number of carbonyl (C=O) groups is 2. The third-order valence-electron chi connectivity index (χ3n) is 5.48. The second kappa shape index (κ2) is 8.92. The summed E-state index contributed by atoms with van der Waals surface area (Å²) in [4.78, 5) is 35.6. The van der Waals surface area contributed by atoms with Gasteiger partial charge in [-0.2, -0.15) is 0 Å². The maximum Gasteiger partial charge on any atom is 0.269 e. The molecule has 0 atom stereocenters. The number of fused-ring (bicyclic) bond motifs is 1. The van der Waals surface area contributed by atoms with Crippen LogP contribution in [0.2, 0.25) is 0 Å². The molecule has 2 heterocycles. The Kier molecular flexibility index (Phi) is 5.83. The molecule has 5 rings (SSSR count). The number of nitrogens with zero attached hydrogens (tertiary/aromatic N) is 3. The highest BCUT2D eigenvalue weighted by Crippen LogP contribution is 2.50. The van der Waals surface area contributed by atoms with Crippen LogP contribution in [-0.2, 0) is 11.3 Å². The van der Waals surface area contributed by atoms with Crippen LogP contribution in [0, 0.1) is 0 Å². The highest BCUT2D eigenvalue weighted by molar-refractivity contribution is 8.19. The Hall–Kier alpha value is -3.29. The summed E-state index contributed by atoms with van der Waals surface area (Å²) >= 11 is 3.01. The number of carbonyl (C=O) groups excluding carboxylic acids is 2. The standard InChI is InChI=1S/C26H21N3O2S2/c1-17(30)19-12-14-20(15-13-19)27-26-29(16-18-8-4-3-5-9-18)24(31)23(33-26)25-28(2)21-10-6-7-11-22(21)32-25/h3-15H,16H2,1-2H3. The number of aliphatic imine (C=N–C) groups is 1. The van der Waals surface area contributed by atoms with Crippen LogP contribution < -0.4 is 4.90 Å². The molecule has 2 aliphatic rings. The Labute approximate surface area is 201 Å². The molecule has 0 unspecified atom stereocenters. The molecule has 0 aromatic heterocycles. The van der Waals surface area contributed by atoms with Crippen LogP contribution in [0.3, 0.4) is 0 Å².